The zero-order valence-corrected chi connectivity index (χ0v) is 12.5. The Bertz CT molecular complexity index is 391. The Kier molecular flexibility index (Phi) is 4.37. The summed E-state index contributed by atoms with van der Waals surface area (Å²) >= 11 is 0. The van der Waals surface area contributed by atoms with Crippen LogP contribution in [-0.4, -0.2) is 36.3 Å². The fourth-order valence-electron chi connectivity index (χ4n) is 3.56. The maximum Gasteiger partial charge on any atom is 0.225 e. The monoisotopic (exact) mass is 281 g/mol. The highest BCUT2D eigenvalue weighted by Gasteiger charge is 2.42. The van der Waals surface area contributed by atoms with Gasteiger partial charge in [0.15, 0.2) is 0 Å². The second kappa shape index (κ2) is 5.72. The van der Waals surface area contributed by atoms with Crippen LogP contribution in [0.2, 0.25) is 0 Å². The van der Waals surface area contributed by atoms with Crippen molar-refractivity contribution in [1.82, 2.24) is 4.90 Å². The molecule has 0 aromatic carbocycles. The molecule has 114 valence electrons. The summed E-state index contributed by atoms with van der Waals surface area (Å²) in [4.78, 5) is 25.8. The summed E-state index contributed by atoms with van der Waals surface area (Å²) in [5, 5.41) is 0. The van der Waals surface area contributed by atoms with Crippen LogP contribution in [0.3, 0.4) is 0 Å². The van der Waals surface area contributed by atoms with Crippen molar-refractivity contribution in [3.8, 4) is 0 Å². The van der Waals surface area contributed by atoms with Crippen LogP contribution >= 0.6 is 0 Å². The largest absolute Gasteiger partial charge is 0.369 e. The zero-order valence-electron chi connectivity index (χ0n) is 12.5. The maximum atomic E-state index is 12.5. The predicted octanol–water partition coefficient (Wildman–Crippen LogP) is 1.01. The van der Waals surface area contributed by atoms with Gasteiger partial charge in [0.05, 0.1) is 5.41 Å². The molecular formula is C15H27N3O2. The number of primary amides is 1. The number of nitrogens with two attached hydrogens (primary N) is 2. The lowest BCUT2D eigenvalue weighted by Gasteiger charge is -2.37. The highest BCUT2D eigenvalue weighted by molar-refractivity contribution is 5.84. The van der Waals surface area contributed by atoms with E-state index in [4.69, 9.17) is 11.5 Å². The Hall–Kier alpha value is -1.10. The number of nitrogens with zero attached hydrogens (tertiary/aromatic N) is 1. The van der Waals surface area contributed by atoms with Crippen molar-refractivity contribution in [1.29, 1.82) is 0 Å². The number of amides is 2. The van der Waals surface area contributed by atoms with E-state index in [1.54, 1.807) is 4.90 Å². The van der Waals surface area contributed by atoms with Gasteiger partial charge in [-0.1, -0.05) is 19.3 Å². The van der Waals surface area contributed by atoms with Gasteiger partial charge in [0.1, 0.15) is 0 Å². The van der Waals surface area contributed by atoms with Crippen LogP contribution in [0.15, 0.2) is 0 Å². The average Bonchev–Trinajstić information content (AvgIpc) is 2.84. The van der Waals surface area contributed by atoms with Gasteiger partial charge in [-0.3, -0.25) is 9.59 Å². The summed E-state index contributed by atoms with van der Waals surface area (Å²) in [7, 11) is 0. The second-order valence-corrected chi connectivity index (χ2v) is 6.93. The molecule has 2 amide bonds. The molecule has 1 heterocycles. The number of rotatable bonds is 4. The van der Waals surface area contributed by atoms with Crippen LogP contribution in [0, 0.1) is 10.8 Å². The third-order valence-electron chi connectivity index (χ3n) is 5.29. The molecule has 0 spiro atoms. The van der Waals surface area contributed by atoms with Gasteiger partial charge in [-0.2, -0.15) is 0 Å². The minimum Gasteiger partial charge on any atom is -0.369 e. The first kappa shape index (κ1) is 15.3. The molecule has 2 fully saturated rings. The van der Waals surface area contributed by atoms with Crippen molar-refractivity contribution in [3.05, 3.63) is 0 Å². The lowest BCUT2D eigenvalue weighted by molar-refractivity contribution is -0.134. The van der Waals surface area contributed by atoms with Crippen molar-refractivity contribution in [2.75, 3.05) is 19.6 Å². The topological polar surface area (TPSA) is 89.4 Å². The van der Waals surface area contributed by atoms with E-state index in [-0.39, 0.29) is 17.2 Å². The number of likely N-dealkylation sites (tertiary alicyclic amines) is 1. The Balaban J connectivity index is 1.97. The van der Waals surface area contributed by atoms with E-state index >= 15 is 0 Å². The molecule has 0 radical (unpaired) electrons. The first-order valence-electron chi connectivity index (χ1n) is 7.69. The molecule has 20 heavy (non-hydrogen) atoms. The van der Waals surface area contributed by atoms with Crippen molar-refractivity contribution >= 4 is 11.8 Å². The number of hydrogen-bond donors (Lipinski definition) is 2. The molecule has 2 rings (SSSR count). The molecule has 1 unspecified atom stereocenters. The standard InChI is InChI=1S/C15H27N3O2/c1-14(13(17)20)7-8-18(11-14)12(19)9-15(10-16)5-3-2-4-6-15/h2-11,16H2,1H3,(H2,17,20). The van der Waals surface area contributed by atoms with Crippen LogP contribution in [0.4, 0.5) is 0 Å². The summed E-state index contributed by atoms with van der Waals surface area (Å²) in [5.74, 6) is -0.165. The molecule has 1 atom stereocenters. The van der Waals surface area contributed by atoms with E-state index in [9.17, 15) is 9.59 Å². The summed E-state index contributed by atoms with van der Waals surface area (Å²) in [5.41, 5.74) is 10.8. The minimum atomic E-state index is -0.557. The Morgan fingerprint density at radius 2 is 1.80 bits per heavy atom. The minimum absolute atomic E-state index is 0.0128. The lowest BCUT2D eigenvalue weighted by Crippen LogP contribution is -2.42. The van der Waals surface area contributed by atoms with Crippen LogP contribution < -0.4 is 11.5 Å². The first-order chi connectivity index (χ1) is 9.41. The molecule has 4 N–H and O–H groups in total. The van der Waals surface area contributed by atoms with Crippen molar-refractivity contribution in [3.63, 3.8) is 0 Å². The number of hydrogen-bond acceptors (Lipinski definition) is 3. The third-order valence-corrected chi connectivity index (χ3v) is 5.29. The molecule has 0 aromatic rings. The van der Waals surface area contributed by atoms with E-state index in [0.717, 1.165) is 12.8 Å². The van der Waals surface area contributed by atoms with E-state index in [1.807, 2.05) is 6.92 Å². The fourth-order valence-corrected chi connectivity index (χ4v) is 3.56. The summed E-state index contributed by atoms with van der Waals surface area (Å²) in [6, 6.07) is 0. The Morgan fingerprint density at radius 1 is 1.15 bits per heavy atom. The molecule has 0 bridgehead atoms. The van der Waals surface area contributed by atoms with Crippen molar-refractivity contribution in [2.24, 2.45) is 22.3 Å². The quantitative estimate of drug-likeness (QED) is 0.806. The second-order valence-electron chi connectivity index (χ2n) is 6.93. The smallest absolute Gasteiger partial charge is 0.225 e. The molecule has 1 aliphatic carbocycles. The molecular weight excluding hydrogens is 254 g/mol. The maximum absolute atomic E-state index is 12.5. The van der Waals surface area contributed by atoms with Gasteiger partial charge in [-0.15, -0.1) is 0 Å². The van der Waals surface area contributed by atoms with E-state index in [0.29, 0.717) is 32.5 Å². The highest BCUT2D eigenvalue weighted by Crippen LogP contribution is 2.40. The van der Waals surface area contributed by atoms with Gasteiger partial charge < -0.3 is 16.4 Å². The summed E-state index contributed by atoms with van der Waals surface area (Å²) < 4.78 is 0. The van der Waals surface area contributed by atoms with Crippen LogP contribution in [0.5, 0.6) is 0 Å². The van der Waals surface area contributed by atoms with Gasteiger partial charge in [-0.05, 0) is 38.1 Å². The summed E-state index contributed by atoms with van der Waals surface area (Å²) in [6.07, 6.45) is 6.89. The molecule has 1 saturated heterocycles. The van der Waals surface area contributed by atoms with Gasteiger partial charge >= 0.3 is 0 Å². The van der Waals surface area contributed by atoms with Crippen LogP contribution in [-0.2, 0) is 9.59 Å². The number of carbonyl (C=O) groups excluding carboxylic acids is 2. The van der Waals surface area contributed by atoms with Crippen molar-refractivity contribution < 1.29 is 9.59 Å². The Labute approximate surface area is 121 Å². The lowest BCUT2D eigenvalue weighted by atomic mass is 9.71. The normalized spacial score (nSPS) is 29.4. The molecule has 1 saturated carbocycles. The van der Waals surface area contributed by atoms with E-state index in [1.165, 1.54) is 19.3 Å². The van der Waals surface area contributed by atoms with Crippen LogP contribution in [0.25, 0.3) is 0 Å². The van der Waals surface area contributed by atoms with E-state index in [2.05, 4.69) is 0 Å². The molecule has 0 aromatic heterocycles. The third kappa shape index (κ3) is 2.97. The van der Waals surface area contributed by atoms with Gasteiger partial charge in [-0.25, -0.2) is 0 Å². The van der Waals surface area contributed by atoms with Crippen molar-refractivity contribution in [2.45, 2.75) is 51.9 Å². The van der Waals surface area contributed by atoms with Gasteiger partial charge in [0.2, 0.25) is 11.8 Å². The van der Waals surface area contributed by atoms with Gasteiger partial charge in [0, 0.05) is 19.5 Å². The first-order valence-corrected chi connectivity index (χ1v) is 7.69. The molecule has 2 aliphatic rings. The van der Waals surface area contributed by atoms with Crippen LogP contribution in [0.1, 0.15) is 51.9 Å². The van der Waals surface area contributed by atoms with Gasteiger partial charge in [0.25, 0.3) is 0 Å². The molecule has 5 nitrogen and oxygen atoms in total. The predicted molar refractivity (Wildman–Crippen MR) is 77.7 cm³/mol. The zero-order chi connectivity index (χ0) is 14.8. The molecule has 5 heteroatoms. The SMILES string of the molecule is CC1(C(N)=O)CCN(C(=O)CC2(CN)CCCCC2)C1. The van der Waals surface area contributed by atoms with E-state index < -0.39 is 5.41 Å². The Morgan fingerprint density at radius 3 is 2.30 bits per heavy atom. The average molecular weight is 281 g/mol. The highest BCUT2D eigenvalue weighted by atomic mass is 16.2. The fraction of sp³-hybridized carbons (Fsp3) is 0.867. The number of carbonyl (C=O) groups is 2. The summed E-state index contributed by atoms with van der Waals surface area (Å²) in [6.45, 7) is 3.53. The molecule has 1 aliphatic heterocycles.